The number of carboxylic acid groups (broad SMARTS) is 1. The molecular formula is C15H21NO3S. The van der Waals surface area contributed by atoms with E-state index in [-0.39, 0.29) is 17.9 Å². The molecule has 20 heavy (non-hydrogen) atoms. The van der Waals surface area contributed by atoms with Crippen LogP contribution in [0.1, 0.15) is 49.8 Å². The summed E-state index contributed by atoms with van der Waals surface area (Å²) in [5, 5.41) is 14.2. The molecule has 1 fully saturated rings. The molecule has 0 aromatic carbocycles. The number of rotatable bonds is 4. The molecule has 1 saturated carbocycles. The van der Waals surface area contributed by atoms with Gasteiger partial charge in [0.25, 0.3) is 0 Å². The van der Waals surface area contributed by atoms with Crippen LogP contribution in [0.4, 0.5) is 0 Å². The van der Waals surface area contributed by atoms with Gasteiger partial charge in [-0.05, 0) is 31.2 Å². The maximum absolute atomic E-state index is 12.3. The Morgan fingerprint density at radius 3 is 2.75 bits per heavy atom. The molecule has 5 heteroatoms. The first-order valence-corrected chi connectivity index (χ1v) is 8.04. The average Bonchev–Trinajstić information content (AvgIpc) is 2.85. The van der Waals surface area contributed by atoms with Gasteiger partial charge in [-0.1, -0.05) is 25.3 Å². The normalized spacial score (nSPS) is 24.6. The zero-order valence-electron chi connectivity index (χ0n) is 11.7. The second kappa shape index (κ2) is 6.88. The second-order valence-corrected chi connectivity index (χ2v) is 6.41. The van der Waals surface area contributed by atoms with Crippen LogP contribution in [-0.4, -0.2) is 23.0 Å². The molecule has 1 heterocycles. The number of aliphatic carboxylic acids is 1. The number of hydrogen-bond acceptors (Lipinski definition) is 3. The van der Waals surface area contributed by atoms with Gasteiger partial charge >= 0.3 is 5.97 Å². The quantitative estimate of drug-likeness (QED) is 0.839. The van der Waals surface area contributed by atoms with E-state index in [2.05, 4.69) is 5.32 Å². The molecule has 0 aliphatic heterocycles. The average molecular weight is 295 g/mol. The van der Waals surface area contributed by atoms with E-state index >= 15 is 0 Å². The molecule has 0 radical (unpaired) electrons. The number of carbonyl (C=O) groups is 2. The predicted octanol–water partition coefficient (Wildman–Crippen LogP) is 3.00. The van der Waals surface area contributed by atoms with E-state index < -0.39 is 11.9 Å². The Morgan fingerprint density at radius 2 is 2.10 bits per heavy atom. The topological polar surface area (TPSA) is 66.4 Å². The molecule has 2 N–H and O–H groups in total. The van der Waals surface area contributed by atoms with Gasteiger partial charge in [0.2, 0.25) is 5.91 Å². The van der Waals surface area contributed by atoms with Gasteiger partial charge in [0.1, 0.15) is 0 Å². The molecule has 0 bridgehead atoms. The summed E-state index contributed by atoms with van der Waals surface area (Å²) in [4.78, 5) is 24.7. The Labute approximate surface area is 123 Å². The van der Waals surface area contributed by atoms with Gasteiger partial charge in [-0.25, -0.2) is 0 Å². The van der Waals surface area contributed by atoms with Gasteiger partial charge in [-0.15, -0.1) is 11.3 Å². The smallest absolute Gasteiger partial charge is 0.308 e. The number of carboxylic acids is 1. The van der Waals surface area contributed by atoms with Crippen LogP contribution in [0.5, 0.6) is 0 Å². The minimum Gasteiger partial charge on any atom is -0.481 e. The lowest BCUT2D eigenvalue weighted by Crippen LogP contribution is -2.44. The lowest BCUT2D eigenvalue weighted by atomic mass is 9.94. The maximum Gasteiger partial charge on any atom is 0.308 e. The zero-order chi connectivity index (χ0) is 14.5. The van der Waals surface area contributed by atoms with Gasteiger partial charge in [0.15, 0.2) is 0 Å². The number of amides is 1. The van der Waals surface area contributed by atoms with Crippen molar-refractivity contribution >= 4 is 23.2 Å². The van der Waals surface area contributed by atoms with Crippen molar-refractivity contribution in [1.29, 1.82) is 0 Å². The maximum atomic E-state index is 12.3. The van der Waals surface area contributed by atoms with E-state index in [0.29, 0.717) is 6.42 Å². The molecule has 1 amide bonds. The predicted molar refractivity (Wildman–Crippen MR) is 78.9 cm³/mol. The van der Waals surface area contributed by atoms with E-state index in [1.165, 1.54) is 0 Å². The Bertz CT molecular complexity index is 458. The first-order valence-electron chi connectivity index (χ1n) is 7.16. The van der Waals surface area contributed by atoms with Crippen molar-refractivity contribution in [1.82, 2.24) is 5.32 Å². The Balaban J connectivity index is 2.02. The van der Waals surface area contributed by atoms with E-state index in [1.54, 1.807) is 11.3 Å². The van der Waals surface area contributed by atoms with Crippen molar-refractivity contribution in [2.45, 2.75) is 51.0 Å². The van der Waals surface area contributed by atoms with Crippen LogP contribution in [0.3, 0.4) is 0 Å². The lowest BCUT2D eigenvalue weighted by molar-refractivity contribution is -0.143. The standard InChI is InChI=1S/C15H21NO3S/c1-10(13-8-5-9-20-13)14(17)16-12-7-4-2-3-6-11(12)15(18)19/h5,8-12H,2-4,6-7H2,1H3,(H,16,17)(H,18,19)/t10?,11-,12+/m1/s1. The SMILES string of the molecule is CC(C(=O)N[C@H]1CCCCC[C@H]1C(=O)O)c1cccs1. The Morgan fingerprint density at radius 1 is 1.35 bits per heavy atom. The fourth-order valence-corrected chi connectivity index (χ4v) is 3.53. The van der Waals surface area contributed by atoms with Crippen molar-refractivity contribution in [3.05, 3.63) is 22.4 Å². The first kappa shape index (κ1) is 15.0. The molecule has 1 aliphatic carbocycles. The second-order valence-electron chi connectivity index (χ2n) is 5.43. The molecule has 2 rings (SSSR count). The van der Waals surface area contributed by atoms with E-state index in [9.17, 15) is 14.7 Å². The summed E-state index contributed by atoms with van der Waals surface area (Å²) in [6.45, 7) is 1.87. The van der Waals surface area contributed by atoms with Gasteiger partial charge in [-0.2, -0.15) is 0 Å². The highest BCUT2D eigenvalue weighted by Gasteiger charge is 2.31. The molecule has 1 unspecified atom stereocenters. The highest BCUT2D eigenvalue weighted by atomic mass is 32.1. The first-order chi connectivity index (χ1) is 9.59. The van der Waals surface area contributed by atoms with Crippen LogP contribution in [0.15, 0.2) is 17.5 Å². The van der Waals surface area contributed by atoms with Crippen molar-refractivity contribution in [2.24, 2.45) is 5.92 Å². The summed E-state index contributed by atoms with van der Waals surface area (Å²) in [6.07, 6.45) is 4.40. The van der Waals surface area contributed by atoms with Crippen LogP contribution < -0.4 is 5.32 Å². The third-order valence-electron chi connectivity index (χ3n) is 4.02. The van der Waals surface area contributed by atoms with E-state index in [1.807, 2.05) is 24.4 Å². The van der Waals surface area contributed by atoms with Crippen LogP contribution in [0.25, 0.3) is 0 Å². The Kier molecular flexibility index (Phi) is 5.17. The lowest BCUT2D eigenvalue weighted by Gasteiger charge is -2.24. The molecule has 0 saturated heterocycles. The summed E-state index contributed by atoms with van der Waals surface area (Å²) in [5.41, 5.74) is 0. The monoisotopic (exact) mass is 295 g/mol. The van der Waals surface area contributed by atoms with Crippen molar-refractivity contribution < 1.29 is 14.7 Å². The van der Waals surface area contributed by atoms with Crippen LogP contribution in [0, 0.1) is 5.92 Å². The zero-order valence-corrected chi connectivity index (χ0v) is 12.5. The summed E-state index contributed by atoms with van der Waals surface area (Å²) >= 11 is 1.56. The van der Waals surface area contributed by atoms with Crippen LogP contribution in [-0.2, 0) is 9.59 Å². The van der Waals surface area contributed by atoms with E-state index in [0.717, 1.165) is 30.6 Å². The molecule has 3 atom stereocenters. The molecule has 110 valence electrons. The van der Waals surface area contributed by atoms with Gasteiger partial charge in [-0.3, -0.25) is 9.59 Å². The van der Waals surface area contributed by atoms with Gasteiger partial charge in [0.05, 0.1) is 11.8 Å². The highest BCUT2D eigenvalue weighted by Crippen LogP contribution is 2.26. The molecule has 0 spiro atoms. The molecular weight excluding hydrogens is 274 g/mol. The number of hydrogen-bond donors (Lipinski definition) is 2. The van der Waals surface area contributed by atoms with Crippen molar-refractivity contribution in [3.63, 3.8) is 0 Å². The fourth-order valence-electron chi connectivity index (χ4n) is 2.75. The van der Waals surface area contributed by atoms with Crippen molar-refractivity contribution in [2.75, 3.05) is 0 Å². The third-order valence-corrected chi connectivity index (χ3v) is 5.08. The number of nitrogens with one attached hydrogen (secondary N) is 1. The molecule has 1 aliphatic rings. The molecule has 1 aromatic rings. The number of carbonyl (C=O) groups excluding carboxylic acids is 1. The summed E-state index contributed by atoms with van der Waals surface area (Å²) < 4.78 is 0. The van der Waals surface area contributed by atoms with Gasteiger partial charge < -0.3 is 10.4 Å². The van der Waals surface area contributed by atoms with E-state index in [4.69, 9.17) is 0 Å². The minimum absolute atomic E-state index is 0.0643. The largest absolute Gasteiger partial charge is 0.481 e. The van der Waals surface area contributed by atoms with Crippen molar-refractivity contribution in [3.8, 4) is 0 Å². The molecule has 4 nitrogen and oxygen atoms in total. The van der Waals surface area contributed by atoms with Crippen LogP contribution in [0.2, 0.25) is 0 Å². The minimum atomic E-state index is -0.791. The Hall–Kier alpha value is -1.36. The summed E-state index contributed by atoms with van der Waals surface area (Å²) in [7, 11) is 0. The summed E-state index contributed by atoms with van der Waals surface area (Å²) in [6, 6.07) is 3.64. The highest BCUT2D eigenvalue weighted by molar-refractivity contribution is 7.10. The summed E-state index contributed by atoms with van der Waals surface area (Å²) in [5.74, 6) is -1.52. The van der Waals surface area contributed by atoms with Gasteiger partial charge in [0, 0.05) is 10.9 Å². The fraction of sp³-hybridized carbons (Fsp3) is 0.600. The number of thiophene rings is 1. The molecule has 1 aromatic heterocycles. The third kappa shape index (κ3) is 3.60. The van der Waals surface area contributed by atoms with Crippen LogP contribution >= 0.6 is 11.3 Å².